The Bertz CT molecular complexity index is 670. The SMILES string of the molecule is CCOc1nc(Cl)nc(-c2cc(C#N)ccc2OC)n1. The zero-order chi connectivity index (χ0) is 14.5. The van der Waals surface area contributed by atoms with Crippen molar-refractivity contribution in [2.24, 2.45) is 0 Å². The molecule has 0 atom stereocenters. The van der Waals surface area contributed by atoms with Gasteiger partial charge in [-0.3, -0.25) is 0 Å². The van der Waals surface area contributed by atoms with Crippen LogP contribution in [0.25, 0.3) is 11.4 Å². The summed E-state index contributed by atoms with van der Waals surface area (Å²) in [4.78, 5) is 12.1. The van der Waals surface area contributed by atoms with E-state index in [9.17, 15) is 0 Å². The molecule has 6 nitrogen and oxygen atoms in total. The van der Waals surface area contributed by atoms with Gasteiger partial charge in [-0.25, -0.2) is 0 Å². The first kappa shape index (κ1) is 14.0. The Kier molecular flexibility index (Phi) is 4.33. The Balaban J connectivity index is 2.58. The van der Waals surface area contributed by atoms with Crippen molar-refractivity contribution in [1.82, 2.24) is 15.0 Å². The van der Waals surface area contributed by atoms with Crippen LogP contribution in [0.5, 0.6) is 11.8 Å². The summed E-state index contributed by atoms with van der Waals surface area (Å²) in [7, 11) is 1.52. The molecule has 0 fully saturated rings. The molecule has 7 heteroatoms. The third kappa shape index (κ3) is 2.95. The van der Waals surface area contributed by atoms with Crippen molar-refractivity contribution < 1.29 is 9.47 Å². The molecule has 1 aromatic carbocycles. The average Bonchev–Trinajstić information content (AvgIpc) is 2.46. The van der Waals surface area contributed by atoms with Crippen molar-refractivity contribution in [3.63, 3.8) is 0 Å². The second-order valence-corrected chi connectivity index (χ2v) is 4.01. The van der Waals surface area contributed by atoms with E-state index in [1.807, 2.05) is 6.92 Å². The van der Waals surface area contributed by atoms with Gasteiger partial charge < -0.3 is 9.47 Å². The molecule has 0 aliphatic heterocycles. The minimum atomic E-state index is 0.0165. The van der Waals surface area contributed by atoms with Crippen LogP contribution >= 0.6 is 11.6 Å². The third-order valence-corrected chi connectivity index (χ3v) is 2.60. The lowest BCUT2D eigenvalue weighted by Gasteiger charge is -2.09. The molecule has 0 saturated heterocycles. The predicted octanol–water partition coefficient (Wildman–Crippen LogP) is 2.47. The number of methoxy groups -OCH3 is 1. The van der Waals surface area contributed by atoms with Gasteiger partial charge in [-0.2, -0.15) is 20.2 Å². The highest BCUT2D eigenvalue weighted by Crippen LogP contribution is 2.29. The van der Waals surface area contributed by atoms with E-state index in [2.05, 4.69) is 21.0 Å². The topological polar surface area (TPSA) is 80.9 Å². The van der Waals surface area contributed by atoms with E-state index in [4.69, 9.17) is 26.3 Å². The van der Waals surface area contributed by atoms with Gasteiger partial charge in [0.05, 0.1) is 30.9 Å². The Morgan fingerprint density at radius 2 is 2.10 bits per heavy atom. The van der Waals surface area contributed by atoms with Crippen LogP contribution in [0.4, 0.5) is 0 Å². The maximum atomic E-state index is 8.97. The molecule has 2 aromatic rings. The van der Waals surface area contributed by atoms with Crippen molar-refractivity contribution in [3.8, 4) is 29.2 Å². The van der Waals surface area contributed by atoms with Gasteiger partial charge in [-0.05, 0) is 36.7 Å². The number of rotatable bonds is 4. The Labute approximate surface area is 121 Å². The molecule has 0 spiro atoms. The molecule has 20 heavy (non-hydrogen) atoms. The van der Waals surface area contributed by atoms with E-state index in [0.717, 1.165) is 0 Å². The lowest BCUT2D eigenvalue weighted by molar-refractivity contribution is 0.312. The summed E-state index contributed by atoms with van der Waals surface area (Å²) in [5.74, 6) is 0.830. The Morgan fingerprint density at radius 1 is 1.30 bits per heavy atom. The molecule has 1 aromatic heterocycles. The summed E-state index contributed by atoms with van der Waals surface area (Å²) in [6.07, 6.45) is 0. The molecule has 0 unspecified atom stereocenters. The summed E-state index contributed by atoms with van der Waals surface area (Å²) in [5.41, 5.74) is 1.02. The molecule has 2 rings (SSSR count). The quantitative estimate of drug-likeness (QED) is 0.860. The minimum Gasteiger partial charge on any atom is -0.496 e. The number of hydrogen-bond donors (Lipinski definition) is 0. The molecular formula is C13H11ClN4O2. The largest absolute Gasteiger partial charge is 0.496 e. The molecule has 0 N–H and O–H groups in total. The van der Waals surface area contributed by atoms with Gasteiger partial charge in [0.2, 0.25) is 5.28 Å². The highest BCUT2D eigenvalue weighted by molar-refractivity contribution is 6.28. The summed E-state index contributed by atoms with van der Waals surface area (Å²) in [6.45, 7) is 2.23. The van der Waals surface area contributed by atoms with Crippen molar-refractivity contribution in [2.45, 2.75) is 6.92 Å². The molecule has 0 amide bonds. The first-order valence-corrected chi connectivity index (χ1v) is 6.18. The second-order valence-electron chi connectivity index (χ2n) is 3.67. The molecule has 102 valence electrons. The molecule has 0 saturated carbocycles. The number of hydrogen-bond acceptors (Lipinski definition) is 6. The van der Waals surface area contributed by atoms with E-state index in [1.54, 1.807) is 18.2 Å². The van der Waals surface area contributed by atoms with E-state index in [1.165, 1.54) is 7.11 Å². The predicted molar refractivity (Wildman–Crippen MR) is 72.7 cm³/mol. The average molecular weight is 291 g/mol. The van der Waals surface area contributed by atoms with Crippen LogP contribution in [0.3, 0.4) is 0 Å². The molecule has 0 aliphatic carbocycles. The van der Waals surface area contributed by atoms with Gasteiger partial charge in [-0.1, -0.05) is 0 Å². The lowest BCUT2D eigenvalue weighted by Crippen LogP contribution is -2.02. The monoisotopic (exact) mass is 290 g/mol. The Hall–Kier alpha value is -2.39. The van der Waals surface area contributed by atoms with Gasteiger partial charge >= 0.3 is 6.01 Å². The number of aromatic nitrogens is 3. The standard InChI is InChI=1S/C13H11ClN4O2/c1-3-20-13-17-11(16-12(14)18-13)9-6-8(7-15)4-5-10(9)19-2/h4-6H,3H2,1-2H3. The van der Waals surface area contributed by atoms with Crippen molar-refractivity contribution in [3.05, 3.63) is 29.0 Å². The summed E-state index contributed by atoms with van der Waals surface area (Å²) < 4.78 is 10.5. The first-order valence-electron chi connectivity index (χ1n) is 5.80. The number of ether oxygens (including phenoxy) is 2. The fourth-order valence-electron chi connectivity index (χ4n) is 1.60. The van der Waals surface area contributed by atoms with Gasteiger partial charge in [0.25, 0.3) is 0 Å². The van der Waals surface area contributed by atoms with Gasteiger partial charge in [-0.15, -0.1) is 0 Å². The van der Waals surface area contributed by atoms with Crippen LogP contribution < -0.4 is 9.47 Å². The van der Waals surface area contributed by atoms with Gasteiger partial charge in [0.1, 0.15) is 5.75 Å². The molecule has 0 aliphatic rings. The molecule has 0 radical (unpaired) electrons. The number of nitriles is 1. The lowest BCUT2D eigenvalue weighted by atomic mass is 10.1. The van der Waals surface area contributed by atoms with Crippen molar-refractivity contribution in [1.29, 1.82) is 5.26 Å². The van der Waals surface area contributed by atoms with Crippen LogP contribution in [0.15, 0.2) is 18.2 Å². The van der Waals surface area contributed by atoms with Crippen LogP contribution in [-0.2, 0) is 0 Å². The fourth-order valence-corrected chi connectivity index (χ4v) is 1.75. The summed E-state index contributed by atoms with van der Waals surface area (Å²) >= 11 is 5.86. The van der Waals surface area contributed by atoms with Crippen LogP contribution in [-0.4, -0.2) is 28.7 Å². The van der Waals surface area contributed by atoms with Crippen LogP contribution in [0.2, 0.25) is 5.28 Å². The summed E-state index contributed by atoms with van der Waals surface area (Å²) in [6, 6.07) is 7.13. The fraction of sp³-hybridized carbons (Fsp3) is 0.231. The zero-order valence-electron chi connectivity index (χ0n) is 10.9. The minimum absolute atomic E-state index is 0.0165. The smallest absolute Gasteiger partial charge is 0.321 e. The molecular weight excluding hydrogens is 280 g/mol. The van der Waals surface area contributed by atoms with Gasteiger partial charge in [0.15, 0.2) is 5.82 Å². The second kappa shape index (κ2) is 6.17. The zero-order valence-corrected chi connectivity index (χ0v) is 11.7. The molecule has 0 bridgehead atoms. The third-order valence-electron chi connectivity index (χ3n) is 2.43. The van der Waals surface area contributed by atoms with E-state index < -0.39 is 0 Å². The Morgan fingerprint density at radius 3 is 2.75 bits per heavy atom. The number of halogens is 1. The van der Waals surface area contributed by atoms with Gasteiger partial charge in [0, 0.05) is 0 Å². The maximum absolute atomic E-state index is 8.97. The normalized spacial score (nSPS) is 9.90. The van der Waals surface area contributed by atoms with E-state index in [-0.39, 0.29) is 11.3 Å². The highest BCUT2D eigenvalue weighted by Gasteiger charge is 2.13. The summed E-state index contributed by atoms with van der Waals surface area (Å²) in [5, 5.41) is 8.99. The van der Waals surface area contributed by atoms with Crippen molar-refractivity contribution >= 4 is 11.6 Å². The highest BCUT2D eigenvalue weighted by atomic mass is 35.5. The van der Waals surface area contributed by atoms with Crippen LogP contribution in [0, 0.1) is 11.3 Å². The van der Waals surface area contributed by atoms with E-state index >= 15 is 0 Å². The van der Waals surface area contributed by atoms with E-state index in [0.29, 0.717) is 29.3 Å². The maximum Gasteiger partial charge on any atom is 0.321 e. The molecule has 1 heterocycles. The van der Waals surface area contributed by atoms with Crippen molar-refractivity contribution in [2.75, 3.05) is 13.7 Å². The van der Waals surface area contributed by atoms with Crippen LogP contribution in [0.1, 0.15) is 12.5 Å². The number of nitrogens with zero attached hydrogens (tertiary/aromatic N) is 4. The number of benzene rings is 1. The first-order chi connectivity index (χ1) is 9.67.